The first-order valence-electron chi connectivity index (χ1n) is 10.4. The zero-order valence-electron chi connectivity index (χ0n) is 18.2. The largest absolute Gasteiger partial charge is 0.383 e. The second-order valence-corrected chi connectivity index (χ2v) is 8.68. The van der Waals surface area contributed by atoms with Crippen LogP contribution in [-0.2, 0) is 4.79 Å². The van der Waals surface area contributed by atoms with Crippen LogP contribution in [0.4, 0.5) is 5.69 Å². The predicted octanol–water partition coefficient (Wildman–Crippen LogP) is 4.22. The second-order valence-electron chi connectivity index (χ2n) is 8.27. The predicted molar refractivity (Wildman–Crippen MR) is 124 cm³/mol. The number of nitrogens with two attached hydrogens (primary N) is 1. The molecule has 0 radical (unpaired) electrons. The van der Waals surface area contributed by atoms with E-state index in [1.54, 1.807) is 30.2 Å². The van der Waals surface area contributed by atoms with Gasteiger partial charge in [-0.3, -0.25) is 19.9 Å². The monoisotopic (exact) mass is 463 g/mol. The molecule has 2 atom stereocenters. The molecular weight excluding hydrogens is 442 g/mol. The number of Topliss-reactive ketones (excluding diaryl/α,β-unsaturated/α-hetero) is 1. The Bertz CT molecular complexity index is 1250. The molecule has 2 aliphatic rings. The number of nitrogens with zero attached hydrogens (tertiary/aromatic N) is 4. The fourth-order valence-corrected chi connectivity index (χ4v) is 4.90. The number of nitriles is 1. The Morgan fingerprint density at radius 3 is 2.48 bits per heavy atom. The molecule has 0 spiro atoms. The molecule has 8 nitrogen and oxygen atoms in total. The standard InChI is InChI=1S/C24H22ClN5O3/c1-28(2)29-20-11-16(14-6-4-3-5-7-14)12-21(31)23(20)22(17(13-26)24(29)27)15-8-9-18(25)19(10-15)30(32)33/h3-10,16,22H,11-12,27H2,1-2H3. The quantitative estimate of drug-likeness (QED) is 0.532. The molecule has 0 saturated carbocycles. The van der Waals surface area contributed by atoms with Crippen LogP contribution in [0.15, 0.2) is 71.2 Å². The van der Waals surface area contributed by atoms with Crippen molar-refractivity contribution in [1.29, 1.82) is 5.26 Å². The lowest BCUT2D eigenvalue weighted by molar-refractivity contribution is -0.384. The van der Waals surface area contributed by atoms with Gasteiger partial charge in [-0.1, -0.05) is 48.0 Å². The van der Waals surface area contributed by atoms with Crippen LogP contribution < -0.4 is 5.73 Å². The van der Waals surface area contributed by atoms with E-state index < -0.39 is 10.8 Å². The Hall–Kier alpha value is -3.67. The van der Waals surface area contributed by atoms with E-state index in [0.717, 1.165) is 5.56 Å². The van der Waals surface area contributed by atoms with Gasteiger partial charge in [-0.2, -0.15) is 5.26 Å². The molecule has 168 valence electrons. The average molecular weight is 464 g/mol. The van der Waals surface area contributed by atoms with Gasteiger partial charge in [-0.25, -0.2) is 5.01 Å². The lowest BCUT2D eigenvalue weighted by atomic mass is 9.72. The summed E-state index contributed by atoms with van der Waals surface area (Å²) in [6.07, 6.45) is 0.809. The first kappa shape index (κ1) is 22.5. The van der Waals surface area contributed by atoms with Gasteiger partial charge >= 0.3 is 0 Å². The van der Waals surface area contributed by atoms with Gasteiger partial charge in [0.15, 0.2) is 5.78 Å². The second kappa shape index (κ2) is 8.70. The van der Waals surface area contributed by atoms with Crippen LogP contribution in [0.3, 0.4) is 0 Å². The summed E-state index contributed by atoms with van der Waals surface area (Å²) in [5.74, 6) is -0.761. The molecule has 2 N–H and O–H groups in total. The van der Waals surface area contributed by atoms with Crippen molar-refractivity contribution < 1.29 is 9.72 Å². The Labute approximate surface area is 196 Å². The minimum atomic E-state index is -0.804. The molecule has 1 aliphatic heterocycles. The summed E-state index contributed by atoms with van der Waals surface area (Å²) in [5, 5.41) is 24.9. The topological polar surface area (TPSA) is 116 Å². The molecule has 2 aromatic rings. The van der Waals surface area contributed by atoms with E-state index in [2.05, 4.69) is 6.07 Å². The third-order valence-electron chi connectivity index (χ3n) is 6.11. The lowest BCUT2D eigenvalue weighted by Gasteiger charge is -2.43. The minimum absolute atomic E-state index is 0.0155. The number of hydrogen-bond acceptors (Lipinski definition) is 7. The molecule has 0 aromatic heterocycles. The Morgan fingerprint density at radius 2 is 1.88 bits per heavy atom. The summed E-state index contributed by atoms with van der Waals surface area (Å²) in [4.78, 5) is 24.5. The smallest absolute Gasteiger partial charge is 0.288 e. The number of carbonyl (C=O) groups excluding carboxylic acids is 1. The summed E-state index contributed by atoms with van der Waals surface area (Å²) in [6, 6.07) is 16.3. The van der Waals surface area contributed by atoms with E-state index in [1.807, 2.05) is 30.3 Å². The molecule has 2 unspecified atom stereocenters. The fraction of sp³-hybridized carbons (Fsp3) is 0.250. The summed E-state index contributed by atoms with van der Waals surface area (Å²) in [7, 11) is 3.58. The third kappa shape index (κ3) is 3.86. The average Bonchev–Trinajstić information content (AvgIpc) is 2.78. The van der Waals surface area contributed by atoms with E-state index in [4.69, 9.17) is 17.3 Å². The van der Waals surface area contributed by atoms with Crippen molar-refractivity contribution in [2.45, 2.75) is 24.7 Å². The fourth-order valence-electron chi connectivity index (χ4n) is 4.71. The number of carbonyl (C=O) groups is 1. The first-order valence-corrected chi connectivity index (χ1v) is 10.7. The van der Waals surface area contributed by atoms with Gasteiger partial charge in [0, 0.05) is 37.9 Å². The van der Waals surface area contributed by atoms with Crippen LogP contribution in [0.25, 0.3) is 0 Å². The van der Waals surface area contributed by atoms with Crippen molar-refractivity contribution in [3.8, 4) is 6.07 Å². The number of ketones is 1. The highest BCUT2D eigenvalue weighted by atomic mass is 35.5. The van der Waals surface area contributed by atoms with Crippen LogP contribution >= 0.6 is 11.6 Å². The lowest BCUT2D eigenvalue weighted by Crippen LogP contribution is -2.46. The van der Waals surface area contributed by atoms with E-state index in [9.17, 15) is 20.2 Å². The third-order valence-corrected chi connectivity index (χ3v) is 6.43. The van der Waals surface area contributed by atoms with Crippen molar-refractivity contribution in [3.05, 3.63) is 97.5 Å². The Morgan fingerprint density at radius 1 is 1.18 bits per heavy atom. The molecule has 1 heterocycles. The van der Waals surface area contributed by atoms with E-state index in [1.165, 1.54) is 12.1 Å². The van der Waals surface area contributed by atoms with Gasteiger partial charge in [0.25, 0.3) is 5.69 Å². The maximum Gasteiger partial charge on any atom is 0.288 e. The normalized spacial score (nSPS) is 20.7. The number of benzene rings is 2. The molecule has 33 heavy (non-hydrogen) atoms. The zero-order valence-corrected chi connectivity index (χ0v) is 18.9. The Balaban J connectivity index is 1.92. The number of hydrazine groups is 1. The van der Waals surface area contributed by atoms with Gasteiger partial charge in [-0.15, -0.1) is 0 Å². The van der Waals surface area contributed by atoms with E-state index in [-0.39, 0.29) is 40.2 Å². The maximum atomic E-state index is 13.6. The minimum Gasteiger partial charge on any atom is -0.383 e. The molecule has 0 fully saturated rings. The van der Waals surface area contributed by atoms with Crippen LogP contribution in [-0.4, -0.2) is 34.8 Å². The highest BCUT2D eigenvalue weighted by molar-refractivity contribution is 6.32. The number of halogens is 1. The zero-order chi connectivity index (χ0) is 23.9. The Kier molecular flexibility index (Phi) is 5.93. The molecule has 1 aliphatic carbocycles. The molecule has 4 rings (SSSR count). The number of hydrogen-bond donors (Lipinski definition) is 1. The summed E-state index contributed by atoms with van der Waals surface area (Å²) in [5.41, 5.74) is 8.97. The number of nitro benzene ring substituents is 1. The van der Waals surface area contributed by atoms with Gasteiger partial charge < -0.3 is 5.73 Å². The maximum absolute atomic E-state index is 13.6. The summed E-state index contributed by atoms with van der Waals surface area (Å²) >= 11 is 6.01. The van der Waals surface area contributed by atoms with Gasteiger partial charge in [0.05, 0.1) is 22.5 Å². The number of nitro groups is 1. The molecule has 0 amide bonds. The molecule has 0 bridgehead atoms. The molecule has 2 aromatic carbocycles. The number of allylic oxidation sites excluding steroid dienone is 3. The van der Waals surface area contributed by atoms with Crippen molar-refractivity contribution in [1.82, 2.24) is 10.0 Å². The SMILES string of the molecule is CN(C)N1C(N)=C(C#N)C(c2ccc(Cl)c([N+](=O)[O-])c2)C2=C1CC(c1ccccc1)CC2=O. The summed E-state index contributed by atoms with van der Waals surface area (Å²) in [6.45, 7) is 0. The first-order chi connectivity index (χ1) is 15.7. The number of rotatable bonds is 4. The van der Waals surface area contributed by atoms with Crippen LogP contribution in [0, 0.1) is 21.4 Å². The van der Waals surface area contributed by atoms with Crippen LogP contribution in [0.2, 0.25) is 5.02 Å². The highest BCUT2D eigenvalue weighted by Gasteiger charge is 2.43. The van der Waals surface area contributed by atoms with E-state index >= 15 is 0 Å². The van der Waals surface area contributed by atoms with Crippen molar-refractivity contribution in [2.24, 2.45) is 5.73 Å². The van der Waals surface area contributed by atoms with Crippen LogP contribution in [0.1, 0.15) is 35.8 Å². The van der Waals surface area contributed by atoms with Gasteiger partial charge in [0.1, 0.15) is 10.8 Å². The van der Waals surface area contributed by atoms with Crippen LogP contribution in [0.5, 0.6) is 0 Å². The summed E-state index contributed by atoms with van der Waals surface area (Å²) < 4.78 is 0. The molecule has 9 heteroatoms. The van der Waals surface area contributed by atoms with E-state index in [0.29, 0.717) is 23.3 Å². The van der Waals surface area contributed by atoms with Gasteiger partial charge in [0.2, 0.25) is 0 Å². The highest BCUT2D eigenvalue weighted by Crippen LogP contribution is 2.48. The molecular formula is C24H22ClN5O3. The van der Waals surface area contributed by atoms with Crippen molar-refractivity contribution in [3.63, 3.8) is 0 Å². The molecule has 0 saturated heterocycles. The van der Waals surface area contributed by atoms with Crippen molar-refractivity contribution >= 4 is 23.1 Å². The van der Waals surface area contributed by atoms with Gasteiger partial charge in [-0.05, 0) is 29.5 Å². The van der Waals surface area contributed by atoms with Crippen molar-refractivity contribution in [2.75, 3.05) is 14.1 Å².